The minimum absolute atomic E-state index is 0.0178. The average molecular weight is 292 g/mol. The predicted molar refractivity (Wildman–Crippen MR) is 83.3 cm³/mol. The fourth-order valence-corrected chi connectivity index (χ4v) is 2.00. The second kappa shape index (κ2) is 9.16. The minimum atomic E-state index is 0.0178. The van der Waals surface area contributed by atoms with E-state index in [1.54, 1.807) is 0 Å². The summed E-state index contributed by atoms with van der Waals surface area (Å²) in [4.78, 5) is 0.871. The third-order valence-electron chi connectivity index (χ3n) is 2.61. The van der Waals surface area contributed by atoms with Gasteiger partial charge in [-0.25, -0.2) is 0 Å². The molecule has 4 nitrogen and oxygen atoms in total. The van der Waals surface area contributed by atoms with Gasteiger partial charge in [0, 0.05) is 13.0 Å². The van der Waals surface area contributed by atoms with Gasteiger partial charge < -0.3 is 14.8 Å². The highest BCUT2D eigenvalue weighted by Gasteiger charge is 2.07. The molecule has 0 unspecified atom stereocenters. The lowest BCUT2D eigenvalue weighted by Gasteiger charge is -2.12. The Labute approximate surface area is 125 Å². The summed E-state index contributed by atoms with van der Waals surface area (Å²) < 4.78 is 10.9. The van der Waals surface area contributed by atoms with Crippen molar-refractivity contribution in [3.05, 3.63) is 23.8 Å². The highest BCUT2D eigenvalue weighted by molar-refractivity contribution is 7.80. The zero-order valence-electron chi connectivity index (χ0n) is 11.9. The Bertz CT molecular complexity index is 483. The van der Waals surface area contributed by atoms with Crippen LogP contribution in [0.2, 0.25) is 0 Å². The van der Waals surface area contributed by atoms with E-state index in [9.17, 15) is 0 Å². The van der Waals surface area contributed by atoms with Gasteiger partial charge in [0.1, 0.15) is 6.07 Å². The molecule has 0 radical (unpaired) electrons. The topological polar surface area (TPSA) is 54.3 Å². The average Bonchev–Trinajstić information content (AvgIpc) is 2.45. The van der Waals surface area contributed by atoms with Crippen LogP contribution in [0.25, 0.3) is 0 Å². The summed E-state index contributed by atoms with van der Waals surface area (Å²) >= 11 is 5.22. The Morgan fingerprint density at radius 1 is 1.30 bits per heavy atom. The van der Waals surface area contributed by atoms with E-state index in [0.717, 1.165) is 29.9 Å². The molecule has 0 atom stereocenters. The molecule has 5 heteroatoms. The highest BCUT2D eigenvalue weighted by atomic mass is 32.1. The summed E-state index contributed by atoms with van der Waals surface area (Å²) in [7, 11) is 0. The summed E-state index contributed by atoms with van der Waals surface area (Å²) in [5, 5.41) is 11.7. The summed E-state index contributed by atoms with van der Waals surface area (Å²) in [6.45, 7) is 5.37. The highest BCUT2D eigenvalue weighted by Crippen LogP contribution is 2.28. The van der Waals surface area contributed by atoms with Crippen LogP contribution in [0.4, 0.5) is 0 Å². The molecule has 20 heavy (non-hydrogen) atoms. The van der Waals surface area contributed by atoms with Gasteiger partial charge in [0.2, 0.25) is 0 Å². The molecule has 0 amide bonds. The molecule has 1 N–H and O–H groups in total. The maximum atomic E-state index is 8.56. The Balaban J connectivity index is 2.71. The monoisotopic (exact) mass is 292 g/mol. The van der Waals surface area contributed by atoms with E-state index in [-0.39, 0.29) is 6.61 Å². The van der Waals surface area contributed by atoms with E-state index in [1.165, 1.54) is 0 Å². The Morgan fingerprint density at radius 3 is 2.75 bits per heavy atom. The third kappa shape index (κ3) is 5.45. The van der Waals surface area contributed by atoms with Crippen LogP contribution in [0.3, 0.4) is 0 Å². The van der Waals surface area contributed by atoms with Crippen LogP contribution < -0.4 is 14.8 Å². The fraction of sp³-hybridized carbons (Fsp3) is 0.467. The lowest BCUT2D eigenvalue weighted by Crippen LogP contribution is -2.20. The van der Waals surface area contributed by atoms with Crippen molar-refractivity contribution in [3.63, 3.8) is 0 Å². The van der Waals surface area contributed by atoms with Crippen molar-refractivity contribution in [2.75, 3.05) is 19.8 Å². The first kappa shape index (κ1) is 16.3. The Hall–Kier alpha value is -1.80. The number of thiocarbonyl (C=S) groups is 1. The van der Waals surface area contributed by atoms with E-state index in [4.69, 9.17) is 27.0 Å². The van der Waals surface area contributed by atoms with Gasteiger partial charge in [-0.3, -0.25) is 0 Å². The number of nitriles is 1. The Kier molecular flexibility index (Phi) is 7.44. The number of nitrogens with zero attached hydrogens (tertiary/aromatic N) is 1. The number of rotatable bonds is 8. The lowest BCUT2D eigenvalue weighted by molar-refractivity contribution is 0.298. The molecule has 0 spiro atoms. The fourth-order valence-electron chi connectivity index (χ4n) is 1.75. The minimum Gasteiger partial charge on any atom is -0.490 e. The normalized spacial score (nSPS) is 9.65. The number of ether oxygens (including phenoxy) is 2. The molecular weight excluding hydrogens is 272 g/mol. The smallest absolute Gasteiger partial charge is 0.174 e. The molecule has 0 saturated heterocycles. The van der Waals surface area contributed by atoms with Crippen LogP contribution in [0, 0.1) is 11.3 Å². The van der Waals surface area contributed by atoms with Gasteiger partial charge in [-0.15, -0.1) is 0 Å². The van der Waals surface area contributed by atoms with Crippen molar-refractivity contribution in [3.8, 4) is 17.6 Å². The molecule has 0 fully saturated rings. The van der Waals surface area contributed by atoms with Crippen molar-refractivity contribution in [2.24, 2.45) is 0 Å². The van der Waals surface area contributed by atoms with Gasteiger partial charge in [0.15, 0.2) is 18.1 Å². The van der Waals surface area contributed by atoms with Crippen LogP contribution in [0.15, 0.2) is 18.2 Å². The second-order valence-corrected chi connectivity index (χ2v) is 4.61. The van der Waals surface area contributed by atoms with Crippen molar-refractivity contribution in [1.82, 2.24) is 5.32 Å². The van der Waals surface area contributed by atoms with Crippen LogP contribution in [0.1, 0.15) is 25.8 Å². The van der Waals surface area contributed by atoms with Gasteiger partial charge in [-0.2, -0.15) is 5.26 Å². The number of aryl methyl sites for hydroxylation is 1. The van der Waals surface area contributed by atoms with Crippen LogP contribution in [-0.2, 0) is 6.42 Å². The SMILES string of the molecule is CCNC(=S)CCc1ccc(OCC#N)c(OCC)c1. The van der Waals surface area contributed by atoms with E-state index in [2.05, 4.69) is 5.32 Å². The molecule has 108 valence electrons. The quantitative estimate of drug-likeness (QED) is 0.747. The molecule has 0 bridgehead atoms. The van der Waals surface area contributed by atoms with Crippen molar-refractivity contribution >= 4 is 17.2 Å². The maximum Gasteiger partial charge on any atom is 0.174 e. The second-order valence-electron chi connectivity index (χ2n) is 4.11. The van der Waals surface area contributed by atoms with Gasteiger partial charge in [-0.1, -0.05) is 18.3 Å². The molecule has 0 aliphatic heterocycles. The van der Waals surface area contributed by atoms with Gasteiger partial charge in [0.25, 0.3) is 0 Å². The van der Waals surface area contributed by atoms with Crippen molar-refractivity contribution < 1.29 is 9.47 Å². The molecule has 0 aliphatic carbocycles. The van der Waals surface area contributed by atoms with Gasteiger partial charge >= 0.3 is 0 Å². The summed E-state index contributed by atoms with van der Waals surface area (Å²) in [5.74, 6) is 1.28. The van der Waals surface area contributed by atoms with E-state index in [0.29, 0.717) is 18.1 Å². The first-order valence-corrected chi connectivity index (χ1v) is 7.14. The van der Waals surface area contributed by atoms with E-state index >= 15 is 0 Å². The molecule has 0 saturated carbocycles. The van der Waals surface area contributed by atoms with Gasteiger partial charge in [0.05, 0.1) is 11.6 Å². The number of hydrogen-bond donors (Lipinski definition) is 1. The lowest BCUT2D eigenvalue weighted by atomic mass is 10.1. The molecule has 0 aromatic heterocycles. The first-order chi connectivity index (χ1) is 9.71. The van der Waals surface area contributed by atoms with E-state index < -0.39 is 0 Å². The summed E-state index contributed by atoms with van der Waals surface area (Å²) in [6, 6.07) is 7.72. The van der Waals surface area contributed by atoms with Crippen molar-refractivity contribution in [2.45, 2.75) is 26.7 Å². The molecular formula is C15H20N2O2S. The van der Waals surface area contributed by atoms with Crippen LogP contribution in [-0.4, -0.2) is 24.7 Å². The molecule has 1 aromatic rings. The third-order valence-corrected chi connectivity index (χ3v) is 2.96. The summed E-state index contributed by atoms with van der Waals surface area (Å²) in [6.07, 6.45) is 1.66. The van der Waals surface area contributed by atoms with Gasteiger partial charge in [-0.05, 0) is 38.0 Å². The van der Waals surface area contributed by atoms with Crippen molar-refractivity contribution in [1.29, 1.82) is 5.26 Å². The Morgan fingerprint density at radius 2 is 2.10 bits per heavy atom. The predicted octanol–water partition coefficient (Wildman–Crippen LogP) is 2.86. The summed E-state index contributed by atoms with van der Waals surface area (Å²) in [5.41, 5.74) is 1.14. The zero-order chi connectivity index (χ0) is 14.8. The molecule has 1 rings (SSSR count). The number of benzene rings is 1. The largest absolute Gasteiger partial charge is 0.490 e. The molecule has 1 aromatic carbocycles. The number of hydrogen-bond acceptors (Lipinski definition) is 4. The molecule has 0 heterocycles. The molecule has 0 aliphatic rings. The number of nitrogens with one attached hydrogen (secondary N) is 1. The van der Waals surface area contributed by atoms with E-state index in [1.807, 2.05) is 38.1 Å². The van der Waals surface area contributed by atoms with Crippen LogP contribution >= 0.6 is 12.2 Å². The van der Waals surface area contributed by atoms with Crippen LogP contribution in [0.5, 0.6) is 11.5 Å². The maximum absolute atomic E-state index is 8.56. The zero-order valence-corrected chi connectivity index (χ0v) is 12.8. The standard InChI is InChI=1S/C15H20N2O2S/c1-3-17-15(20)8-6-12-5-7-13(19-10-9-16)14(11-12)18-4-2/h5,7,11H,3-4,6,8,10H2,1-2H3,(H,17,20). The first-order valence-electron chi connectivity index (χ1n) is 6.73.